The van der Waals surface area contributed by atoms with Gasteiger partial charge < -0.3 is 9.88 Å². The van der Waals surface area contributed by atoms with Crippen LogP contribution in [0.15, 0.2) is 48.5 Å². The molecule has 3 aromatic rings. The highest BCUT2D eigenvalue weighted by Gasteiger charge is 2.18. The first kappa shape index (κ1) is 14.3. The summed E-state index contributed by atoms with van der Waals surface area (Å²) in [6, 6.07) is 15.7. The number of fused-ring (bicyclic) bond motifs is 1. The van der Waals surface area contributed by atoms with Crippen molar-refractivity contribution in [3.63, 3.8) is 0 Å². The molecule has 0 aliphatic rings. The molecule has 0 spiro atoms. The maximum atomic E-state index is 12.9. The van der Waals surface area contributed by atoms with Crippen LogP contribution in [0.2, 0.25) is 0 Å². The number of aromatic amines is 1. The number of nitrogens with zero attached hydrogens (tertiary/aromatic N) is 2. The zero-order valence-electron chi connectivity index (χ0n) is 12.8. The van der Waals surface area contributed by atoms with Crippen LogP contribution >= 0.6 is 0 Å². The predicted molar refractivity (Wildman–Crippen MR) is 87.7 cm³/mol. The molecule has 0 aliphatic heterocycles. The van der Waals surface area contributed by atoms with Gasteiger partial charge in [0.2, 0.25) is 0 Å². The molecule has 0 bridgehead atoms. The Kier molecular flexibility index (Phi) is 3.92. The molecule has 22 heavy (non-hydrogen) atoms. The zero-order chi connectivity index (χ0) is 15.5. The van der Waals surface area contributed by atoms with Crippen LogP contribution in [-0.2, 0) is 6.54 Å². The Hall–Kier alpha value is -2.62. The van der Waals surface area contributed by atoms with Crippen molar-refractivity contribution in [2.24, 2.45) is 0 Å². The summed E-state index contributed by atoms with van der Waals surface area (Å²) in [5.74, 6) is 0.838. The molecule has 1 amide bonds. The van der Waals surface area contributed by atoms with Gasteiger partial charge in [0.05, 0.1) is 11.1 Å². The van der Waals surface area contributed by atoms with E-state index in [-0.39, 0.29) is 5.91 Å². The molecule has 0 saturated carbocycles. The Labute approximate surface area is 129 Å². The maximum Gasteiger partial charge on any atom is 0.256 e. The smallest absolute Gasteiger partial charge is 0.256 e. The number of hydrogen-bond donors (Lipinski definition) is 1. The van der Waals surface area contributed by atoms with Crippen LogP contribution in [0.1, 0.15) is 28.7 Å². The van der Waals surface area contributed by atoms with Crippen LogP contribution < -0.4 is 0 Å². The molecule has 1 heterocycles. The number of carbonyl (C=O) groups excluding carboxylic acids is 1. The maximum absolute atomic E-state index is 12.9. The number of aromatic nitrogens is 2. The van der Waals surface area contributed by atoms with Gasteiger partial charge in [0, 0.05) is 13.1 Å². The van der Waals surface area contributed by atoms with E-state index in [0.29, 0.717) is 18.7 Å². The van der Waals surface area contributed by atoms with Crippen molar-refractivity contribution in [1.82, 2.24) is 14.9 Å². The summed E-state index contributed by atoms with van der Waals surface area (Å²) >= 11 is 0. The fraction of sp³-hybridized carbons (Fsp3) is 0.222. The lowest BCUT2D eigenvalue weighted by atomic mass is 10.1. The third-order valence-electron chi connectivity index (χ3n) is 3.75. The monoisotopic (exact) mass is 293 g/mol. The Balaban J connectivity index is 1.93. The van der Waals surface area contributed by atoms with E-state index < -0.39 is 0 Å². The van der Waals surface area contributed by atoms with E-state index in [0.717, 1.165) is 22.4 Å². The zero-order valence-corrected chi connectivity index (χ0v) is 12.8. The quantitative estimate of drug-likeness (QED) is 0.800. The molecule has 0 aliphatic carbocycles. The number of amides is 1. The third kappa shape index (κ3) is 2.72. The number of para-hydroxylation sites is 1. The van der Waals surface area contributed by atoms with Crippen LogP contribution in [0, 0.1) is 6.92 Å². The molecule has 1 aromatic heterocycles. The lowest BCUT2D eigenvalue weighted by Gasteiger charge is -2.21. The van der Waals surface area contributed by atoms with Crippen molar-refractivity contribution >= 4 is 16.9 Å². The molecule has 0 saturated heterocycles. The molecule has 0 radical (unpaired) electrons. The summed E-state index contributed by atoms with van der Waals surface area (Å²) in [7, 11) is 0. The molecule has 3 rings (SSSR count). The highest BCUT2D eigenvalue weighted by molar-refractivity contribution is 6.04. The molecule has 4 heteroatoms. The van der Waals surface area contributed by atoms with E-state index in [4.69, 9.17) is 0 Å². The second kappa shape index (κ2) is 6.02. The Morgan fingerprint density at radius 3 is 2.64 bits per heavy atom. The van der Waals surface area contributed by atoms with E-state index in [9.17, 15) is 4.79 Å². The number of H-pyrrole nitrogens is 1. The number of rotatable bonds is 4. The second-order valence-corrected chi connectivity index (χ2v) is 5.33. The Morgan fingerprint density at radius 2 is 1.91 bits per heavy atom. The van der Waals surface area contributed by atoms with Crippen molar-refractivity contribution in [1.29, 1.82) is 0 Å². The van der Waals surface area contributed by atoms with E-state index in [1.807, 2.05) is 67.3 Å². The molecule has 1 N–H and O–H groups in total. The summed E-state index contributed by atoms with van der Waals surface area (Å²) in [6.45, 7) is 5.16. The van der Waals surface area contributed by atoms with Gasteiger partial charge in [-0.15, -0.1) is 0 Å². The SMILES string of the molecule is CCN(Cc1ccccc1)C(=O)c1cccc2[nH]c(C)nc12. The molecule has 0 atom stereocenters. The average molecular weight is 293 g/mol. The van der Waals surface area contributed by atoms with Crippen molar-refractivity contribution in [3.8, 4) is 0 Å². The first-order chi connectivity index (χ1) is 10.7. The number of nitrogens with one attached hydrogen (secondary N) is 1. The minimum atomic E-state index is 0.0171. The molecule has 0 unspecified atom stereocenters. The summed E-state index contributed by atoms with van der Waals surface area (Å²) < 4.78 is 0. The fourth-order valence-corrected chi connectivity index (χ4v) is 2.63. The standard InChI is InChI=1S/C18H19N3O/c1-3-21(12-14-8-5-4-6-9-14)18(22)15-10-7-11-16-17(15)20-13(2)19-16/h4-11H,3,12H2,1-2H3,(H,19,20). The van der Waals surface area contributed by atoms with E-state index in [1.54, 1.807) is 0 Å². The van der Waals surface area contributed by atoms with Crippen LogP contribution in [0.5, 0.6) is 0 Å². The van der Waals surface area contributed by atoms with E-state index >= 15 is 0 Å². The van der Waals surface area contributed by atoms with Gasteiger partial charge in [0.15, 0.2) is 0 Å². The summed E-state index contributed by atoms with van der Waals surface area (Å²) in [5, 5.41) is 0. The third-order valence-corrected chi connectivity index (χ3v) is 3.75. The lowest BCUT2D eigenvalue weighted by molar-refractivity contribution is 0.0754. The number of hydrogen-bond acceptors (Lipinski definition) is 2. The molecular weight excluding hydrogens is 274 g/mol. The summed E-state index contributed by atoms with van der Waals surface area (Å²) in [5.41, 5.74) is 3.43. The lowest BCUT2D eigenvalue weighted by Crippen LogP contribution is -2.30. The van der Waals surface area contributed by atoms with E-state index in [2.05, 4.69) is 9.97 Å². The number of imidazole rings is 1. The minimum absolute atomic E-state index is 0.0171. The molecule has 4 nitrogen and oxygen atoms in total. The van der Waals surface area contributed by atoms with Crippen LogP contribution in [0.3, 0.4) is 0 Å². The first-order valence-electron chi connectivity index (χ1n) is 7.47. The van der Waals surface area contributed by atoms with Crippen LogP contribution in [-0.4, -0.2) is 27.3 Å². The Morgan fingerprint density at radius 1 is 1.14 bits per heavy atom. The van der Waals surface area contributed by atoms with Gasteiger partial charge in [0.25, 0.3) is 5.91 Å². The van der Waals surface area contributed by atoms with E-state index in [1.165, 1.54) is 0 Å². The van der Waals surface area contributed by atoms with Crippen molar-refractivity contribution in [2.45, 2.75) is 20.4 Å². The average Bonchev–Trinajstić information content (AvgIpc) is 2.93. The number of benzene rings is 2. The molecular formula is C18H19N3O. The molecule has 0 fully saturated rings. The van der Waals surface area contributed by atoms with Gasteiger partial charge in [0.1, 0.15) is 11.3 Å². The van der Waals surface area contributed by atoms with Gasteiger partial charge >= 0.3 is 0 Å². The van der Waals surface area contributed by atoms with Gasteiger partial charge in [-0.05, 0) is 31.5 Å². The second-order valence-electron chi connectivity index (χ2n) is 5.33. The molecule has 112 valence electrons. The minimum Gasteiger partial charge on any atom is -0.342 e. The normalized spacial score (nSPS) is 10.8. The van der Waals surface area contributed by atoms with Crippen molar-refractivity contribution < 1.29 is 4.79 Å². The number of carbonyl (C=O) groups is 1. The largest absolute Gasteiger partial charge is 0.342 e. The fourth-order valence-electron chi connectivity index (χ4n) is 2.63. The highest BCUT2D eigenvalue weighted by Crippen LogP contribution is 2.19. The van der Waals surface area contributed by atoms with Crippen LogP contribution in [0.25, 0.3) is 11.0 Å². The first-order valence-corrected chi connectivity index (χ1v) is 7.47. The van der Waals surface area contributed by atoms with Gasteiger partial charge in [-0.2, -0.15) is 0 Å². The van der Waals surface area contributed by atoms with Gasteiger partial charge in [-0.25, -0.2) is 4.98 Å². The molecule has 2 aromatic carbocycles. The highest BCUT2D eigenvalue weighted by atomic mass is 16.2. The predicted octanol–water partition coefficient (Wildman–Crippen LogP) is 3.53. The Bertz CT molecular complexity index is 792. The van der Waals surface area contributed by atoms with Crippen molar-refractivity contribution in [2.75, 3.05) is 6.54 Å². The van der Waals surface area contributed by atoms with Crippen LogP contribution in [0.4, 0.5) is 0 Å². The topological polar surface area (TPSA) is 49.0 Å². The van der Waals surface area contributed by atoms with Gasteiger partial charge in [-0.1, -0.05) is 36.4 Å². The van der Waals surface area contributed by atoms with Crippen molar-refractivity contribution in [3.05, 3.63) is 65.5 Å². The summed E-state index contributed by atoms with van der Waals surface area (Å²) in [6.07, 6.45) is 0. The van der Waals surface area contributed by atoms with Gasteiger partial charge in [-0.3, -0.25) is 4.79 Å². The number of aryl methyl sites for hydroxylation is 1. The summed E-state index contributed by atoms with van der Waals surface area (Å²) in [4.78, 5) is 22.4.